The molecule has 0 atom stereocenters. The highest BCUT2D eigenvalue weighted by atomic mass is 16.2. The highest BCUT2D eigenvalue weighted by Crippen LogP contribution is 2.24. The Hall–Kier alpha value is -3.18. The Morgan fingerprint density at radius 1 is 1.19 bits per heavy atom. The van der Waals surface area contributed by atoms with E-state index in [1.54, 1.807) is 6.08 Å². The van der Waals surface area contributed by atoms with Crippen molar-refractivity contribution in [3.63, 3.8) is 0 Å². The van der Waals surface area contributed by atoms with Crippen LogP contribution in [-0.2, 0) is 4.79 Å². The summed E-state index contributed by atoms with van der Waals surface area (Å²) in [5.74, 6) is 0.353. The predicted molar refractivity (Wildman–Crippen MR) is 105 cm³/mol. The van der Waals surface area contributed by atoms with Gasteiger partial charge in [-0.1, -0.05) is 48.5 Å². The van der Waals surface area contributed by atoms with Crippen LogP contribution in [0.2, 0.25) is 0 Å². The Labute approximate surface area is 153 Å². The summed E-state index contributed by atoms with van der Waals surface area (Å²) in [6, 6.07) is 18.0. The molecule has 0 fully saturated rings. The van der Waals surface area contributed by atoms with Crippen LogP contribution in [0.5, 0.6) is 0 Å². The summed E-state index contributed by atoms with van der Waals surface area (Å²) in [6.45, 7) is 6.45. The number of nitrogens with one attached hydrogen (secondary N) is 2. The molecule has 1 aromatic heterocycles. The third-order valence-corrected chi connectivity index (χ3v) is 3.88. The molecule has 26 heavy (non-hydrogen) atoms. The third kappa shape index (κ3) is 4.26. The van der Waals surface area contributed by atoms with Crippen molar-refractivity contribution in [2.24, 2.45) is 0 Å². The lowest BCUT2D eigenvalue weighted by Gasteiger charge is -2.09. The van der Waals surface area contributed by atoms with Gasteiger partial charge in [0.2, 0.25) is 11.9 Å². The molecular formula is C21H22N4O. The lowest BCUT2D eigenvalue weighted by molar-refractivity contribution is -0.115. The normalized spacial score (nSPS) is 10.5. The number of anilines is 1. The topological polar surface area (TPSA) is 59.0 Å². The zero-order chi connectivity index (χ0) is 18.4. The zero-order valence-electron chi connectivity index (χ0n) is 14.8. The summed E-state index contributed by atoms with van der Waals surface area (Å²) in [5, 5.41) is 5.89. The maximum atomic E-state index is 12.2. The van der Waals surface area contributed by atoms with E-state index in [0.29, 0.717) is 12.5 Å². The second-order valence-corrected chi connectivity index (χ2v) is 5.99. The van der Waals surface area contributed by atoms with Gasteiger partial charge in [-0.15, -0.1) is 6.58 Å². The molecule has 0 aliphatic carbocycles. The van der Waals surface area contributed by atoms with E-state index in [0.717, 1.165) is 22.5 Å². The maximum absolute atomic E-state index is 12.2. The Morgan fingerprint density at radius 3 is 2.73 bits per heavy atom. The molecule has 2 aromatic carbocycles. The largest absolute Gasteiger partial charge is 0.305 e. The van der Waals surface area contributed by atoms with Crippen LogP contribution < -0.4 is 10.6 Å². The highest BCUT2D eigenvalue weighted by Gasteiger charge is 2.13. The van der Waals surface area contributed by atoms with Gasteiger partial charge in [-0.05, 0) is 24.6 Å². The van der Waals surface area contributed by atoms with E-state index in [1.165, 1.54) is 0 Å². The molecule has 5 nitrogen and oxygen atoms in total. The van der Waals surface area contributed by atoms with E-state index in [9.17, 15) is 4.79 Å². The summed E-state index contributed by atoms with van der Waals surface area (Å²) in [5.41, 5.74) is 3.90. The first-order chi connectivity index (χ1) is 12.7. The minimum atomic E-state index is -0.147. The molecule has 3 rings (SSSR count). The standard InChI is InChI=1S/C21H22N4O/c1-3-12-22-14-20(26)24-21-23-19(17-9-5-4-6-10-17)15-25(21)18-11-7-8-16(2)13-18/h3-11,13,15,22H,1,12,14H2,2H3,(H,23,24,26). The molecule has 0 radical (unpaired) electrons. The molecule has 2 N–H and O–H groups in total. The smallest absolute Gasteiger partial charge is 0.240 e. The molecule has 0 aliphatic heterocycles. The van der Waals surface area contributed by atoms with Gasteiger partial charge in [0.15, 0.2) is 0 Å². The monoisotopic (exact) mass is 346 g/mol. The molecule has 0 bridgehead atoms. The molecule has 3 aromatic rings. The number of nitrogens with zero attached hydrogens (tertiary/aromatic N) is 2. The van der Waals surface area contributed by atoms with E-state index >= 15 is 0 Å². The summed E-state index contributed by atoms with van der Waals surface area (Å²) in [6.07, 6.45) is 3.66. The fraction of sp³-hybridized carbons (Fsp3) is 0.143. The van der Waals surface area contributed by atoms with Crippen molar-refractivity contribution in [1.82, 2.24) is 14.9 Å². The summed E-state index contributed by atoms with van der Waals surface area (Å²) >= 11 is 0. The number of hydrogen-bond acceptors (Lipinski definition) is 3. The number of amides is 1. The molecule has 0 saturated carbocycles. The minimum Gasteiger partial charge on any atom is -0.305 e. The molecule has 0 unspecified atom stereocenters. The van der Waals surface area contributed by atoms with E-state index in [2.05, 4.69) is 28.3 Å². The molecule has 1 heterocycles. The number of aryl methyl sites for hydroxylation is 1. The number of carbonyl (C=O) groups is 1. The lowest BCUT2D eigenvalue weighted by Crippen LogP contribution is -2.29. The first-order valence-corrected chi connectivity index (χ1v) is 8.50. The molecular weight excluding hydrogens is 324 g/mol. The molecule has 0 saturated heterocycles. The summed E-state index contributed by atoms with van der Waals surface area (Å²) in [4.78, 5) is 16.9. The maximum Gasteiger partial charge on any atom is 0.240 e. The first-order valence-electron chi connectivity index (χ1n) is 8.50. The van der Waals surface area contributed by atoms with Crippen LogP contribution in [0.25, 0.3) is 16.9 Å². The third-order valence-electron chi connectivity index (χ3n) is 3.88. The van der Waals surface area contributed by atoms with Gasteiger partial charge >= 0.3 is 0 Å². The Balaban J connectivity index is 1.94. The van der Waals surface area contributed by atoms with Gasteiger partial charge in [-0.2, -0.15) is 0 Å². The average molecular weight is 346 g/mol. The molecule has 5 heteroatoms. The number of imidazole rings is 1. The van der Waals surface area contributed by atoms with Crippen molar-refractivity contribution < 1.29 is 4.79 Å². The van der Waals surface area contributed by atoms with Crippen LogP contribution in [0, 0.1) is 6.92 Å². The lowest BCUT2D eigenvalue weighted by atomic mass is 10.2. The second kappa shape index (κ2) is 8.27. The Morgan fingerprint density at radius 2 is 2.00 bits per heavy atom. The number of rotatable bonds is 7. The number of aromatic nitrogens is 2. The van der Waals surface area contributed by atoms with Gasteiger partial charge in [0, 0.05) is 24.0 Å². The van der Waals surface area contributed by atoms with Gasteiger partial charge in [0.1, 0.15) is 0 Å². The molecule has 132 valence electrons. The van der Waals surface area contributed by atoms with E-state index in [-0.39, 0.29) is 12.5 Å². The second-order valence-electron chi connectivity index (χ2n) is 5.99. The average Bonchev–Trinajstić information content (AvgIpc) is 3.06. The Bertz CT molecular complexity index is 899. The van der Waals surface area contributed by atoms with Gasteiger partial charge < -0.3 is 5.32 Å². The quantitative estimate of drug-likeness (QED) is 0.508. The summed E-state index contributed by atoms with van der Waals surface area (Å²) in [7, 11) is 0. The van der Waals surface area contributed by atoms with Crippen LogP contribution in [0.3, 0.4) is 0 Å². The van der Waals surface area contributed by atoms with Crippen molar-refractivity contribution in [1.29, 1.82) is 0 Å². The van der Waals surface area contributed by atoms with Gasteiger partial charge in [-0.3, -0.25) is 14.7 Å². The van der Waals surface area contributed by atoms with Gasteiger partial charge in [-0.25, -0.2) is 4.98 Å². The molecule has 0 aliphatic rings. The number of benzene rings is 2. The van der Waals surface area contributed by atoms with Crippen LogP contribution >= 0.6 is 0 Å². The highest BCUT2D eigenvalue weighted by molar-refractivity contribution is 5.91. The van der Waals surface area contributed by atoms with Crippen LogP contribution in [0.15, 0.2) is 73.4 Å². The van der Waals surface area contributed by atoms with Crippen molar-refractivity contribution in [3.8, 4) is 16.9 Å². The van der Waals surface area contributed by atoms with E-state index < -0.39 is 0 Å². The fourth-order valence-corrected chi connectivity index (χ4v) is 2.65. The molecule has 1 amide bonds. The first kappa shape index (κ1) is 17.6. The van der Waals surface area contributed by atoms with Crippen molar-refractivity contribution in [3.05, 3.63) is 79.0 Å². The van der Waals surface area contributed by atoms with Crippen molar-refractivity contribution in [2.45, 2.75) is 6.92 Å². The van der Waals surface area contributed by atoms with Crippen molar-refractivity contribution in [2.75, 3.05) is 18.4 Å². The Kier molecular flexibility index (Phi) is 5.61. The van der Waals surface area contributed by atoms with Crippen LogP contribution in [-0.4, -0.2) is 28.5 Å². The molecule has 0 spiro atoms. The summed E-state index contributed by atoms with van der Waals surface area (Å²) < 4.78 is 1.90. The van der Waals surface area contributed by atoms with Crippen LogP contribution in [0.4, 0.5) is 5.95 Å². The van der Waals surface area contributed by atoms with Crippen LogP contribution in [0.1, 0.15) is 5.56 Å². The van der Waals surface area contributed by atoms with E-state index in [4.69, 9.17) is 0 Å². The SMILES string of the molecule is C=CCNCC(=O)Nc1nc(-c2ccccc2)cn1-c1cccc(C)c1. The number of carbonyl (C=O) groups excluding carboxylic acids is 1. The predicted octanol–water partition coefficient (Wildman–Crippen LogP) is 3.56. The fourth-order valence-electron chi connectivity index (χ4n) is 2.65. The number of hydrogen-bond donors (Lipinski definition) is 2. The van der Waals surface area contributed by atoms with Gasteiger partial charge in [0.05, 0.1) is 12.2 Å². The van der Waals surface area contributed by atoms with Gasteiger partial charge in [0.25, 0.3) is 0 Å². The van der Waals surface area contributed by atoms with E-state index in [1.807, 2.05) is 66.2 Å². The minimum absolute atomic E-state index is 0.147. The van der Waals surface area contributed by atoms with Crippen molar-refractivity contribution >= 4 is 11.9 Å². The zero-order valence-corrected chi connectivity index (χ0v) is 14.8.